The van der Waals surface area contributed by atoms with Crippen LogP contribution in [-0.2, 0) is 9.13 Å². The van der Waals surface area contributed by atoms with Gasteiger partial charge >= 0.3 is 15.2 Å². The van der Waals surface area contributed by atoms with E-state index in [1.807, 2.05) is 6.92 Å². The molecule has 1 saturated heterocycles. The van der Waals surface area contributed by atoms with Crippen molar-refractivity contribution in [2.75, 3.05) is 19.6 Å². The largest absolute Gasteiger partial charge is 0.345 e. The van der Waals surface area contributed by atoms with Gasteiger partial charge in [-0.15, -0.1) is 0 Å². The second-order valence-corrected chi connectivity index (χ2v) is 10.2. The maximum Gasteiger partial charge on any atom is 0.345 e. The zero-order valence-electron chi connectivity index (χ0n) is 10.7. The highest BCUT2D eigenvalue weighted by Gasteiger charge is 2.61. The predicted molar refractivity (Wildman–Crippen MR) is 75.6 cm³/mol. The average molecular weight is 333 g/mol. The van der Waals surface area contributed by atoms with E-state index < -0.39 is 20.1 Å². The van der Waals surface area contributed by atoms with Crippen LogP contribution in [0.15, 0.2) is 0 Å². The molecule has 1 fully saturated rings. The molecule has 0 aromatic heterocycles. The highest BCUT2D eigenvalue weighted by Crippen LogP contribution is 2.71. The van der Waals surface area contributed by atoms with Crippen molar-refractivity contribution in [2.24, 2.45) is 0 Å². The van der Waals surface area contributed by atoms with Gasteiger partial charge in [0.2, 0.25) is 0 Å². The molecule has 0 spiro atoms. The quantitative estimate of drug-likeness (QED) is 0.374. The topological polar surface area (TPSA) is 118 Å². The Morgan fingerprint density at radius 3 is 2.21 bits per heavy atom. The number of nitrogens with zero attached hydrogens (tertiary/aromatic N) is 1. The van der Waals surface area contributed by atoms with E-state index in [-0.39, 0.29) is 18.2 Å². The Morgan fingerprint density at radius 1 is 1.26 bits per heavy atom. The smallest absolute Gasteiger partial charge is 0.324 e. The van der Waals surface area contributed by atoms with Crippen LogP contribution in [0.1, 0.15) is 26.2 Å². The number of hydrogen-bond acceptors (Lipinski definition) is 4. The first-order chi connectivity index (χ1) is 8.49. The second kappa shape index (κ2) is 6.16. The second-order valence-electron chi connectivity index (χ2n) is 5.09. The standard InChI is InChI=1S/C9H21NO6P2S/c1-8(19)3-6-10-5-2-4-9(7-10,17(11,12)13)18(14,15)16/h8,19H,2-7H2,1H3,(H2,11,12,13)(H2,14,15,16). The lowest BCUT2D eigenvalue weighted by molar-refractivity contribution is 0.180. The molecule has 1 atom stereocenters. The molecule has 19 heavy (non-hydrogen) atoms. The lowest BCUT2D eigenvalue weighted by Crippen LogP contribution is -2.48. The first-order valence-corrected chi connectivity index (χ1v) is 9.75. The molecule has 0 bridgehead atoms. The van der Waals surface area contributed by atoms with Gasteiger partial charge in [-0.3, -0.25) is 9.13 Å². The summed E-state index contributed by atoms with van der Waals surface area (Å²) in [5.41, 5.74) is 0. The zero-order chi connectivity index (χ0) is 14.9. The fourth-order valence-corrected chi connectivity index (χ4v) is 5.45. The van der Waals surface area contributed by atoms with E-state index in [2.05, 4.69) is 12.6 Å². The number of rotatable bonds is 5. The Balaban J connectivity index is 2.95. The number of thiol groups is 1. The summed E-state index contributed by atoms with van der Waals surface area (Å²) in [6.45, 7) is 2.73. The van der Waals surface area contributed by atoms with Gasteiger partial charge in [0.15, 0.2) is 4.90 Å². The molecule has 1 unspecified atom stereocenters. The van der Waals surface area contributed by atoms with Crippen molar-refractivity contribution >= 4 is 27.8 Å². The normalized spacial score (nSPS) is 23.3. The van der Waals surface area contributed by atoms with Gasteiger partial charge in [-0.2, -0.15) is 12.6 Å². The van der Waals surface area contributed by atoms with E-state index in [4.69, 9.17) is 0 Å². The van der Waals surface area contributed by atoms with Crippen molar-refractivity contribution in [2.45, 2.75) is 36.3 Å². The Morgan fingerprint density at radius 2 is 1.79 bits per heavy atom. The molecular weight excluding hydrogens is 312 g/mol. The van der Waals surface area contributed by atoms with Gasteiger partial charge in [-0.25, -0.2) is 0 Å². The molecule has 7 nitrogen and oxygen atoms in total. The van der Waals surface area contributed by atoms with Crippen LogP contribution in [-0.4, -0.2) is 54.3 Å². The van der Waals surface area contributed by atoms with Crippen molar-refractivity contribution in [3.63, 3.8) is 0 Å². The summed E-state index contributed by atoms with van der Waals surface area (Å²) in [6.07, 6.45) is 0.896. The molecular formula is C9H21NO6P2S. The summed E-state index contributed by atoms with van der Waals surface area (Å²) in [5.74, 6) is 0. The van der Waals surface area contributed by atoms with E-state index in [1.54, 1.807) is 4.90 Å². The Bertz CT molecular complexity index is 384. The van der Waals surface area contributed by atoms with Crippen LogP contribution in [0, 0.1) is 0 Å². The number of hydrogen-bond donors (Lipinski definition) is 5. The van der Waals surface area contributed by atoms with E-state index in [0.29, 0.717) is 25.9 Å². The van der Waals surface area contributed by atoms with E-state index >= 15 is 0 Å². The minimum atomic E-state index is -4.90. The SMILES string of the molecule is CC(S)CCN1CCCC(P(=O)(O)O)(P(=O)(O)O)C1. The van der Waals surface area contributed by atoms with Gasteiger partial charge in [0.25, 0.3) is 0 Å². The summed E-state index contributed by atoms with van der Waals surface area (Å²) in [6, 6.07) is 0. The van der Waals surface area contributed by atoms with Gasteiger partial charge in [0, 0.05) is 11.8 Å². The Labute approximate surface area is 118 Å². The van der Waals surface area contributed by atoms with Crippen LogP contribution < -0.4 is 0 Å². The van der Waals surface area contributed by atoms with E-state index in [9.17, 15) is 28.7 Å². The summed E-state index contributed by atoms with van der Waals surface area (Å²) < 4.78 is 23.2. The molecule has 1 heterocycles. The maximum absolute atomic E-state index is 11.6. The Hall–Kier alpha value is 0.610. The average Bonchev–Trinajstić information content (AvgIpc) is 2.23. The zero-order valence-corrected chi connectivity index (χ0v) is 13.4. The van der Waals surface area contributed by atoms with Crippen molar-refractivity contribution < 1.29 is 28.7 Å². The monoisotopic (exact) mass is 333 g/mol. The molecule has 0 aliphatic carbocycles. The van der Waals surface area contributed by atoms with Crippen LogP contribution in [0.4, 0.5) is 0 Å². The first-order valence-electron chi connectivity index (χ1n) is 6.01. The molecule has 10 heteroatoms. The maximum atomic E-state index is 11.6. The summed E-state index contributed by atoms with van der Waals surface area (Å²) in [4.78, 5) is 37.1. The van der Waals surface area contributed by atoms with Gasteiger partial charge in [-0.1, -0.05) is 6.92 Å². The fourth-order valence-electron chi connectivity index (χ4n) is 2.31. The van der Waals surface area contributed by atoms with E-state index in [1.165, 1.54) is 0 Å². The molecule has 0 aromatic rings. The molecule has 1 aliphatic rings. The minimum absolute atomic E-state index is 0.126. The highest BCUT2D eigenvalue weighted by atomic mass is 32.1. The summed E-state index contributed by atoms with van der Waals surface area (Å²) in [5, 5.41) is 0.126. The van der Waals surface area contributed by atoms with Crippen LogP contribution in [0.25, 0.3) is 0 Å². The minimum Gasteiger partial charge on any atom is -0.324 e. The lowest BCUT2D eigenvalue weighted by atomic mass is 10.1. The molecule has 114 valence electrons. The number of piperidine rings is 1. The number of likely N-dealkylation sites (tertiary alicyclic amines) is 1. The molecule has 0 saturated carbocycles. The van der Waals surface area contributed by atoms with Crippen LogP contribution in [0.3, 0.4) is 0 Å². The molecule has 1 aliphatic heterocycles. The van der Waals surface area contributed by atoms with Gasteiger partial charge in [-0.05, 0) is 32.4 Å². The van der Waals surface area contributed by atoms with Crippen LogP contribution in [0.2, 0.25) is 0 Å². The van der Waals surface area contributed by atoms with Crippen molar-refractivity contribution in [1.29, 1.82) is 0 Å². The highest BCUT2D eigenvalue weighted by molar-refractivity contribution is 7.80. The third kappa shape index (κ3) is 4.05. The van der Waals surface area contributed by atoms with Gasteiger partial charge in [0.1, 0.15) is 0 Å². The van der Waals surface area contributed by atoms with Gasteiger partial charge < -0.3 is 24.5 Å². The molecule has 0 aromatic carbocycles. The first kappa shape index (κ1) is 17.7. The third-order valence-electron chi connectivity index (χ3n) is 3.48. The predicted octanol–water partition coefficient (Wildman–Crippen LogP) is 0.842. The van der Waals surface area contributed by atoms with E-state index in [0.717, 1.165) is 0 Å². The lowest BCUT2D eigenvalue weighted by Gasteiger charge is -2.42. The van der Waals surface area contributed by atoms with Crippen LogP contribution in [0.5, 0.6) is 0 Å². The molecule has 0 amide bonds. The summed E-state index contributed by atoms with van der Waals surface area (Å²) in [7, 11) is -9.80. The molecule has 1 rings (SSSR count). The summed E-state index contributed by atoms with van der Waals surface area (Å²) >= 11 is 4.22. The third-order valence-corrected chi connectivity index (χ3v) is 8.20. The van der Waals surface area contributed by atoms with Crippen molar-refractivity contribution in [3.8, 4) is 0 Å². The van der Waals surface area contributed by atoms with Crippen molar-refractivity contribution in [1.82, 2.24) is 4.90 Å². The van der Waals surface area contributed by atoms with Gasteiger partial charge in [0.05, 0.1) is 0 Å². The molecule has 4 N–H and O–H groups in total. The van der Waals surface area contributed by atoms with Crippen molar-refractivity contribution in [3.05, 3.63) is 0 Å². The Kier molecular flexibility index (Phi) is 5.73. The molecule has 0 radical (unpaired) electrons. The van der Waals surface area contributed by atoms with Crippen LogP contribution >= 0.6 is 27.8 Å². The fraction of sp³-hybridized carbons (Fsp3) is 1.00.